The van der Waals surface area contributed by atoms with Gasteiger partial charge in [-0.2, -0.15) is 4.98 Å². The third-order valence-electron chi connectivity index (χ3n) is 3.52. The Morgan fingerprint density at radius 3 is 2.81 bits per heavy atom. The fourth-order valence-corrected chi connectivity index (χ4v) is 1.91. The first kappa shape index (κ1) is 11.1. The molecule has 0 aliphatic heterocycles. The molecule has 5 nitrogen and oxygen atoms in total. The quantitative estimate of drug-likeness (QED) is 0.520. The van der Waals surface area contributed by atoms with Gasteiger partial charge in [-0.3, -0.25) is 5.43 Å². The maximum Gasteiger partial charge on any atom is 0.239 e. The summed E-state index contributed by atoms with van der Waals surface area (Å²) in [5.74, 6) is 7.25. The monoisotopic (exact) mass is 221 g/mol. The van der Waals surface area contributed by atoms with Gasteiger partial charge in [0, 0.05) is 12.7 Å². The fourth-order valence-electron chi connectivity index (χ4n) is 1.91. The van der Waals surface area contributed by atoms with Crippen LogP contribution in [-0.4, -0.2) is 16.5 Å². The number of hydrogen-bond donors (Lipinski definition) is 3. The lowest BCUT2D eigenvalue weighted by molar-refractivity contribution is 0.380. The van der Waals surface area contributed by atoms with Gasteiger partial charge in [-0.15, -0.1) is 0 Å². The van der Waals surface area contributed by atoms with Crippen LogP contribution in [-0.2, 0) is 0 Å². The second kappa shape index (κ2) is 4.25. The molecule has 0 aromatic carbocycles. The van der Waals surface area contributed by atoms with E-state index in [-0.39, 0.29) is 0 Å². The van der Waals surface area contributed by atoms with Gasteiger partial charge in [-0.1, -0.05) is 13.8 Å². The molecule has 1 aromatic heterocycles. The van der Waals surface area contributed by atoms with Crippen molar-refractivity contribution in [2.24, 2.45) is 17.2 Å². The largest absolute Gasteiger partial charge is 0.369 e. The highest BCUT2D eigenvalue weighted by Crippen LogP contribution is 2.51. The average Bonchev–Trinajstić information content (AvgIpc) is 3.08. The smallest absolute Gasteiger partial charge is 0.239 e. The number of nitrogens with two attached hydrogens (primary N) is 1. The lowest BCUT2D eigenvalue weighted by Crippen LogP contribution is -2.21. The van der Waals surface area contributed by atoms with E-state index in [4.69, 9.17) is 5.84 Å². The number of hydrogen-bond acceptors (Lipinski definition) is 5. The van der Waals surface area contributed by atoms with Gasteiger partial charge in [0.1, 0.15) is 5.82 Å². The molecule has 0 bridgehead atoms. The molecule has 0 radical (unpaired) electrons. The maximum atomic E-state index is 5.26. The fraction of sp³-hybridized carbons (Fsp3) is 0.636. The second-order valence-electron chi connectivity index (χ2n) is 4.78. The molecule has 0 spiro atoms. The summed E-state index contributed by atoms with van der Waals surface area (Å²) in [6.07, 6.45) is 4.31. The Bertz CT molecular complexity index is 359. The van der Waals surface area contributed by atoms with Crippen LogP contribution in [0.1, 0.15) is 26.7 Å². The number of rotatable bonds is 5. The zero-order chi connectivity index (χ0) is 11.6. The lowest BCUT2D eigenvalue weighted by Gasteiger charge is -2.20. The Labute approximate surface area is 95.8 Å². The van der Waals surface area contributed by atoms with Crippen LogP contribution in [0.25, 0.3) is 0 Å². The van der Waals surface area contributed by atoms with Crippen LogP contribution in [0.2, 0.25) is 0 Å². The normalized spacial score (nSPS) is 17.2. The van der Waals surface area contributed by atoms with Crippen molar-refractivity contribution >= 4 is 11.8 Å². The summed E-state index contributed by atoms with van der Waals surface area (Å²) in [4.78, 5) is 8.19. The molecule has 2 rings (SSSR count). The number of anilines is 2. The lowest BCUT2D eigenvalue weighted by atomic mass is 9.92. The zero-order valence-electron chi connectivity index (χ0n) is 9.83. The molecular formula is C11H19N5. The minimum atomic E-state index is 0.444. The van der Waals surface area contributed by atoms with E-state index in [9.17, 15) is 0 Å². The van der Waals surface area contributed by atoms with Crippen LogP contribution < -0.4 is 16.6 Å². The molecule has 5 heteroatoms. The van der Waals surface area contributed by atoms with Gasteiger partial charge in [0.25, 0.3) is 0 Å². The maximum absolute atomic E-state index is 5.26. The molecule has 1 aliphatic rings. The third kappa shape index (κ3) is 2.24. The summed E-state index contributed by atoms with van der Waals surface area (Å²) in [5, 5.41) is 3.36. The highest BCUT2D eigenvalue weighted by Gasteiger charge is 2.44. The van der Waals surface area contributed by atoms with E-state index in [0.717, 1.165) is 12.4 Å². The number of aromatic nitrogens is 2. The first-order chi connectivity index (χ1) is 7.66. The topological polar surface area (TPSA) is 75.9 Å². The van der Waals surface area contributed by atoms with Crippen molar-refractivity contribution in [3.8, 4) is 0 Å². The van der Waals surface area contributed by atoms with Crippen LogP contribution in [0.3, 0.4) is 0 Å². The van der Waals surface area contributed by atoms with E-state index in [1.807, 2.05) is 6.07 Å². The molecule has 16 heavy (non-hydrogen) atoms. The van der Waals surface area contributed by atoms with Crippen LogP contribution in [0, 0.1) is 11.3 Å². The van der Waals surface area contributed by atoms with Gasteiger partial charge >= 0.3 is 0 Å². The minimum absolute atomic E-state index is 0.444. The Morgan fingerprint density at radius 1 is 1.50 bits per heavy atom. The predicted molar refractivity (Wildman–Crippen MR) is 64.8 cm³/mol. The highest BCUT2D eigenvalue weighted by molar-refractivity contribution is 5.39. The van der Waals surface area contributed by atoms with Gasteiger partial charge in [0.2, 0.25) is 5.95 Å². The Kier molecular flexibility index (Phi) is 2.96. The summed E-state index contributed by atoms with van der Waals surface area (Å²) in [5.41, 5.74) is 2.91. The average molecular weight is 221 g/mol. The van der Waals surface area contributed by atoms with Gasteiger partial charge in [0.15, 0.2) is 0 Å². The van der Waals surface area contributed by atoms with Crippen LogP contribution in [0.15, 0.2) is 12.3 Å². The number of nitrogens with zero attached hydrogens (tertiary/aromatic N) is 2. The van der Waals surface area contributed by atoms with E-state index < -0.39 is 0 Å². The van der Waals surface area contributed by atoms with Crippen LogP contribution in [0.4, 0.5) is 11.8 Å². The first-order valence-corrected chi connectivity index (χ1v) is 5.70. The predicted octanol–water partition coefficient (Wildman–Crippen LogP) is 1.61. The molecule has 1 fully saturated rings. The third-order valence-corrected chi connectivity index (χ3v) is 3.52. The standard InChI is InChI=1S/C11H19N5/c1-8(2)11(4-5-11)7-14-9-3-6-13-10(15-9)16-12/h3,6,8H,4-5,7,12H2,1-2H3,(H2,13,14,15,16). The van der Waals surface area contributed by atoms with E-state index in [2.05, 4.69) is 34.6 Å². The molecule has 4 N–H and O–H groups in total. The highest BCUT2D eigenvalue weighted by atomic mass is 15.3. The van der Waals surface area contributed by atoms with Crippen LogP contribution >= 0.6 is 0 Å². The van der Waals surface area contributed by atoms with E-state index in [1.54, 1.807) is 6.20 Å². The molecule has 88 valence electrons. The molecule has 0 unspecified atom stereocenters. The Morgan fingerprint density at radius 2 is 2.25 bits per heavy atom. The van der Waals surface area contributed by atoms with E-state index in [0.29, 0.717) is 17.3 Å². The van der Waals surface area contributed by atoms with Gasteiger partial charge in [-0.05, 0) is 30.2 Å². The van der Waals surface area contributed by atoms with E-state index in [1.165, 1.54) is 12.8 Å². The van der Waals surface area contributed by atoms with Crippen molar-refractivity contribution in [3.63, 3.8) is 0 Å². The molecule has 0 amide bonds. The molecule has 1 heterocycles. The molecule has 0 atom stereocenters. The van der Waals surface area contributed by atoms with Gasteiger partial charge in [0.05, 0.1) is 0 Å². The number of nitrogens with one attached hydrogen (secondary N) is 2. The number of nitrogen functional groups attached to an aromatic ring is 1. The molecular weight excluding hydrogens is 202 g/mol. The molecule has 1 aromatic rings. The number of hydrazine groups is 1. The van der Waals surface area contributed by atoms with Gasteiger partial charge < -0.3 is 5.32 Å². The summed E-state index contributed by atoms with van der Waals surface area (Å²) >= 11 is 0. The van der Waals surface area contributed by atoms with Crippen molar-refractivity contribution in [2.75, 3.05) is 17.3 Å². The summed E-state index contributed by atoms with van der Waals surface area (Å²) in [6, 6.07) is 1.86. The minimum Gasteiger partial charge on any atom is -0.369 e. The SMILES string of the molecule is CC(C)C1(CNc2ccnc(NN)n2)CC1. The first-order valence-electron chi connectivity index (χ1n) is 5.70. The van der Waals surface area contributed by atoms with Crippen molar-refractivity contribution in [3.05, 3.63) is 12.3 Å². The molecule has 1 aliphatic carbocycles. The van der Waals surface area contributed by atoms with Crippen molar-refractivity contribution in [1.82, 2.24) is 9.97 Å². The summed E-state index contributed by atoms with van der Waals surface area (Å²) in [6.45, 7) is 5.54. The second-order valence-corrected chi connectivity index (χ2v) is 4.78. The van der Waals surface area contributed by atoms with Crippen molar-refractivity contribution in [2.45, 2.75) is 26.7 Å². The molecule has 0 saturated heterocycles. The van der Waals surface area contributed by atoms with Gasteiger partial charge in [-0.25, -0.2) is 10.8 Å². The Balaban J connectivity index is 1.94. The summed E-state index contributed by atoms with van der Waals surface area (Å²) in [7, 11) is 0. The van der Waals surface area contributed by atoms with Crippen molar-refractivity contribution < 1.29 is 0 Å². The Hall–Kier alpha value is -1.36. The summed E-state index contributed by atoms with van der Waals surface area (Å²) < 4.78 is 0. The van der Waals surface area contributed by atoms with Crippen LogP contribution in [0.5, 0.6) is 0 Å². The molecule has 1 saturated carbocycles. The zero-order valence-corrected chi connectivity index (χ0v) is 9.83. The van der Waals surface area contributed by atoms with Crippen molar-refractivity contribution in [1.29, 1.82) is 0 Å². The van der Waals surface area contributed by atoms with E-state index >= 15 is 0 Å².